The number of para-hydroxylation sites is 1. The van der Waals surface area contributed by atoms with Crippen LogP contribution in [0.5, 0.6) is 5.75 Å². The van der Waals surface area contributed by atoms with E-state index >= 15 is 0 Å². The van der Waals surface area contributed by atoms with Crippen molar-refractivity contribution in [3.8, 4) is 5.75 Å². The van der Waals surface area contributed by atoms with Gasteiger partial charge in [-0.05, 0) is 73.7 Å². The zero-order valence-corrected chi connectivity index (χ0v) is 20.4. The number of amides is 2. The molecule has 35 heavy (non-hydrogen) atoms. The summed E-state index contributed by atoms with van der Waals surface area (Å²) in [5.74, 6) is -0.950. The van der Waals surface area contributed by atoms with Crippen molar-refractivity contribution in [2.24, 2.45) is 0 Å². The predicted molar refractivity (Wildman–Crippen MR) is 138 cm³/mol. The van der Waals surface area contributed by atoms with Crippen LogP contribution in [0.3, 0.4) is 0 Å². The molecule has 0 radical (unpaired) electrons. The second-order valence-electron chi connectivity index (χ2n) is 7.24. The van der Waals surface area contributed by atoms with Crippen LogP contribution in [0, 0.1) is 0 Å². The lowest BCUT2D eigenvalue weighted by Gasteiger charge is -2.16. The van der Waals surface area contributed by atoms with Crippen LogP contribution in [0.2, 0.25) is 5.02 Å². The first-order valence-electron chi connectivity index (χ1n) is 10.4. The number of nitrogens with one attached hydrogen (secondary N) is 3. The first-order valence-corrected chi connectivity index (χ1v) is 11.2. The van der Waals surface area contributed by atoms with Gasteiger partial charge in [0.15, 0.2) is 11.2 Å². The standard InChI is InChI=1S/C25H22ClN3O5S/c1-15(34-21-9-4-3-8-20(21)26)22(30)27-18-10-12-19(13-11-18)28-25(35)29-23(31)16-6-5-7-17(14-16)24(32)33-2/h3-15H,1-2H3,(H,27,30)(H2,28,29,31,35). The number of hydrogen-bond donors (Lipinski definition) is 3. The molecule has 0 heterocycles. The van der Waals surface area contributed by atoms with E-state index in [0.29, 0.717) is 22.1 Å². The summed E-state index contributed by atoms with van der Waals surface area (Å²) in [5, 5.41) is 8.68. The van der Waals surface area contributed by atoms with Crippen molar-refractivity contribution in [2.75, 3.05) is 17.7 Å². The molecule has 8 nitrogen and oxygen atoms in total. The maximum Gasteiger partial charge on any atom is 0.337 e. The average Bonchev–Trinajstić information content (AvgIpc) is 2.86. The Balaban J connectivity index is 1.53. The molecule has 0 saturated heterocycles. The number of halogens is 1. The summed E-state index contributed by atoms with van der Waals surface area (Å²) in [6.45, 7) is 1.62. The normalized spacial score (nSPS) is 11.1. The molecule has 0 aromatic heterocycles. The molecule has 0 bridgehead atoms. The lowest BCUT2D eigenvalue weighted by Crippen LogP contribution is -2.34. The summed E-state index contributed by atoms with van der Waals surface area (Å²) in [6.07, 6.45) is -0.770. The molecule has 3 rings (SSSR count). The molecular weight excluding hydrogens is 490 g/mol. The quantitative estimate of drug-likeness (QED) is 0.313. The Bertz CT molecular complexity index is 1250. The zero-order chi connectivity index (χ0) is 25.4. The number of benzene rings is 3. The van der Waals surface area contributed by atoms with Gasteiger partial charge >= 0.3 is 5.97 Å². The fourth-order valence-electron chi connectivity index (χ4n) is 2.91. The van der Waals surface area contributed by atoms with Gasteiger partial charge in [0, 0.05) is 16.9 Å². The topological polar surface area (TPSA) is 106 Å². The monoisotopic (exact) mass is 511 g/mol. The molecule has 2 amide bonds. The van der Waals surface area contributed by atoms with Gasteiger partial charge in [-0.2, -0.15) is 0 Å². The van der Waals surface area contributed by atoms with E-state index in [1.54, 1.807) is 73.7 Å². The van der Waals surface area contributed by atoms with Crippen molar-refractivity contribution in [1.82, 2.24) is 5.32 Å². The van der Waals surface area contributed by atoms with E-state index in [1.165, 1.54) is 13.2 Å². The highest BCUT2D eigenvalue weighted by Crippen LogP contribution is 2.24. The van der Waals surface area contributed by atoms with Gasteiger partial charge in [-0.1, -0.05) is 29.8 Å². The molecule has 0 spiro atoms. The van der Waals surface area contributed by atoms with E-state index in [4.69, 9.17) is 28.6 Å². The van der Waals surface area contributed by atoms with E-state index < -0.39 is 18.0 Å². The molecule has 3 aromatic rings. The zero-order valence-electron chi connectivity index (χ0n) is 18.8. The third-order valence-corrected chi connectivity index (χ3v) is 5.21. The molecule has 0 saturated carbocycles. The highest BCUT2D eigenvalue weighted by atomic mass is 35.5. The van der Waals surface area contributed by atoms with Crippen LogP contribution in [-0.2, 0) is 9.53 Å². The van der Waals surface area contributed by atoms with E-state index in [2.05, 4.69) is 20.7 Å². The second-order valence-corrected chi connectivity index (χ2v) is 8.05. The van der Waals surface area contributed by atoms with Gasteiger partial charge in [0.1, 0.15) is 5.75 Å². The number of methoxy groups -OCH3 is 1. The van der Waals surface area contributed by atoms with Gasteiger partial charge in [0.05, 0.1) is 17.7 Å². The summed E-state index contributed by atoms with van der Waals surface area (Å²) < 4.78 is 10.3. The van der Waals surface area contributed by atoms with Crippen LogP contribution < -0.4 is 20.7 Å². The molecule has 180 valence electrons. The van der Waals surface area contributed by atoms with Crippen LogP contribution in [0.1, 0.15) is 27.6 Å². The van der Waals surface area contributed by atoms with Crippen LogP contribution in [0.25, 0.3) is 0 Å². The summed E-state index contributed by atoms with van der Waals surface area (Å²) >= 11 is 11.3. The first kappa shape index (κ1) is 25.7. The fourth-order valence-corrected chi connectivity index (χ4v) is 3.30. The molecule has 3 N–H and O–H groups in total. The van der Waals surface area contributed by atoms with Crippen LogP contribution in [0.4, 0.5) is 11.4 Å². The van der Waals surface area contributed by atoms with Gasteiger partial charge < -0.3 is 20.1 Å². The van der Waals surface area contributed by atoms with Crippen molar-refractivity contribution in [3.05, 3.63) is 88.9 Å². The van der Waals surface area contributed by atoms with Crippen LogP contribution in [-0.4, -0.2) is 36.1 Å². The Hall–Kier alpha value is -3.95. The summed E-state index contributed by atoms with van der Waals surface area (Å²) in [4.78, 5) is 36.5. The lowest BCUT2D eigenvalue weighted by molar-refractivity contribution is -0.122. The second kappa shape index (κ2) is 12.0. The van der Waals surface area contributed by atoms with Crippen LogP contribution >= 0.6 is 23.8 Å². The molecule has 10 heteroatoms. The Labute approximate surface area is 212 Å². The Morgan fingerprint density at radius 1 is 0.886 bits per heavy atom. The number of hydrogen-bond acceptors (Lipinski definition) is 6. The highest BCUT2D eigenvalue weighted by molar-refractivity contribution is 7.80. The lowest BCUT2D eigenvalue weighted by atomic mass is 10.1. The highest BCUT2D eigenvalue weighted by Gasteiger charge is 2.16. The summed E-state index contributed by atoms with van der Waals surface area (Å²) in [5.41, 5.74) is 1.65. The minimum Gasteiger partial charge on any atom is -0.479 e. The molecule has 0 aliphatic heterocycles. The Morgan fingerprint density at radius 3 is 2.17 bits per heavy atom. The first-order chi connectivity index (χ1) is 16.8. The minimum absolute atomic E-state index is 0.0667. The van der Waals surface area contributed by atoms with E-state index in [-0.39, 0.29) is 22.1 Å². The molecular formula is C25H22ClN3O5S. The third-order valence-electron chi connectivity index (χ3n) is 4.69. The molecule has 0 fully saturated rings. The van der Waals surface area contributed by atoms with E-state index in [1.807, 2.05) is 0 Å². The molecule has 1 atom stereocenters. The number of carbonyl (C=O) groups excluding carboxylic acids is 3. The predicted octanol–water partition coefficient (Wildman–Crippen LogP) is 4.66. The van der Waals surface area contributed by atoms with Gasteiger partial charge in [-0.3, -0.25) is 14.9 Å². The van der Waals surface area contributed by atoms with Crippen molar-refractivity contribution < 1.29 is 23.9 Å². The maximum atomic E-state index is 12.4. The van der Waals surface area contributed by atoms with Gasteiger partial charge in [-0.15, -0.1) is 0 Å². The van der Waals surface area contributed by atoms with E-state index in [9.17, 15) is 14.4 Å². The smallest absolute Gasteiger partial charge is 0.337 e. The van der Waals surface area contributed by atoms with Crippen molar-refractivity contribution in [3.63, 3.8) is 0 Å². The third kappa shape index (κ3) is 7.26. The van der Waals surface area contributed by atoms with Crippen molar-refractivity contribution in [2.45, 2.75) is 13.0 Å². The molecule has 0 aliphatic carbocycles. The summed E-state index contributed by atoms with van der Waals surface area (Å²) in [7, 11) is 1.26. The largest absolute Gasteiger partial charge is 0.479 e. The molecule has 0 aliphatic rings. The van der Waals surface area contributed by atoms with Crippen LogP contribution in [0.15, 0.2) is 72.8 Å². The SMILES string of the molecule is COC(=O)c1cccc(C(=O)NC(=S)Nc2ccc(NC(=O)C(C)Oc3ccccc3Cl)cc2)c1. The Morgan fingerprint density at radius 2 is 1.51 bits per heavy atom. The maximum absolute atomic E-state index is 12.4. The van der Waals surface area contributed by atoms with E-state index in [0.717, 1.165) is 0 Å². The number of ether oxygens (including phenoxy) is 2. The number of anilines is 2. The number of esters is 1. The number of carbonyl (C=O) groups is 3. The average molecular weight is 512 g/mol. The Kier molecular flexibility index (Phi) is 8.77. The van der Waals surface area contributed by atoms with Crippen molar-refractivity contribution >= 4 is 58.1 Å². The molecule has 3 aromatic carbocycles. The number of thiocarbonyl (C=S) groups is 1. The molecule has 1 unspecified atom stereocenters. The van der Waals surface area contributed by atoms with Gasteiger partial charge in [0.25, 0.3) is 11.8 Å². The number of rotatable bonds is 7. The minimum atomic E-state index is -0.770. The van der Waals surface area contributed by atoms with Gasteiger partial charge in [0.2, 0.25) is 0 Å². The summed E-state index contributed by atoms with van der Waals surface area (Å²) in [6, 6.07) is 19.7. The fraction of sp³-hybridized carbons (Fsp3) is 0.120. The van der Waals surface area contributed by atoms with Gasteiger partial charge in [-0.25, -0.2) is 4.79 Å². The van der Waals surface area contributed by atoms with Crippen molar-refractivity contribution in [1.29, 1.82) is 0 Å².